The molecule has 1 aliphatic rings. The van der Waals surface area contributed by atoms with E-state index in [0.717, 1.165) is 15.0 Å². The molecule has 2 N–H and O–H groups in total. The molecule has 0 spiro atoms. The first kappa shape index (κ1) is 20.7. The second kappa shape index (κ2) is 8.27. The summed E-state index contributed by atoms with van der Waals surface area (Å²) in [4.78, 5) is 44.0. The Labute approximate surface area is 183 Å². The van der Waals surface area contributed by atoms with Crippen LogP contribution in [-0.4, -0.2) is 38.8 Å². The predicted molar refractivity (Wildman–Crippen MR) is 116 cm³/mol. The molecular weight excluding hydrogens is 414 g/mol. The zero-order valence-corrected chi connectivity index (χ0v) is 17.8. The van der Waals surface area contributed by atoms with Crippen LogP contribution in [0.15, 0.2) is 77.0 Å². The van der Waals surface area contributed by atoms with Crippen LogP contribution in [0, 0.1) is 0 Å². The molecule has 1 aliphatic heterocycles. The summed E-state index contributed by atoms with van der Waals surface area (Å²) in [7, 11) is 1.92. The molecule has 1 aromatic heterocycles. The van der Waals surface area contributed by atoms with Crippen molar-refractivity contribution in [2.75, 3.05) is 11.9 Å². The Kier molecular flexibility index (Phi) is 5.51. The van der Waals surface area contributed by atoms with Gasteiger partial charge in [0.2, 0.25) is 5.91 Å². The number of aryl methyl sites for hydroxylation is 1. The number of hydrogen-bond donors (Lipinski definition) is 2. The van der Waals surface area contributed by atoms with Gasteiger partial charge in [-0.15, -0.1) is 0 Å². The number of nitrogens with zero attached hydrogens (tertiary/aromatic N) is 3. The minimum absolute atomic E-state index is 0.364. The van der Waals surface area contributed by atoms with Gasteiger partial charge >= 0.3 is 6.03 Å². The summed E-state index contributed by atoms with van der Waals surface area (Å²) < 4.78 is 1.92. The normalized spacial score (nSPS) is 18.2. The minimum atomic E-state index is -1.19. The Morgan fingerprint density at radius 3 is 2.48 bits per heavy atom. The number of carbonyl (C=O) groups excluding carboxylic acids is 3. The number of amides is 4. The van der Waals surface area contributed by atoms with Crippen molar-refractivity contribution in [2.45, 2.75) is 22.5 Å². The lowest BCUT2D eigenvalue weighted by Crippen LogP contribution is -2.42. The fraction of sp³-hybridized carbons (Fsp3) is 0.182. The van der Waals surface area contributed by atoms with Crippen molar-refractivity contribution in [3.8, 4) is 0 Å². The summed E-state index contributed by atoms with van der Waals surface area (Å²) in [6.45, 7) is 1.27. The number of nitrogens with one attached hydrogen (secondary N) is 2. The van der Waals surface area contributed by atoms with Gasteiger partial charge in [0.15, 0.2) is 5.16 Å². The summed E-state index contributed by atoms with van der Waals surface area (Å²) in [6, 6.07) is 15.7. The second-order valence-electron chi connectivity index (χ2n) is 7.31. The van der Waals surface area contributed by atoms with Gasteiger partial charge in [-0.25, -0.2) is 9.78 Å². The molecule has 0 radical (unpaired) electrons. The molecule has 0 aliphatic carbocycles. The molecule has 9 heteroatoms. The Hall–Kier alpha value is -3.59. The van der Waals surface area contributed by atoms with Crippen LogP contribution in [0.2, 0.25) is 0 Å². The monoisotopic (exact) mass is 435 g/mol. The Bertz CT molecular complexity index is 1130. The van der Waals surface area contributed by atoms with E-state index in [2.05, 4.69) is 15.6 Å². The average molecular weight is 436 g/mol. The van der Waals surface area contributed by atoms with Gasteiger partial charge in [-0.1, -0.05) is 42.1 Å². The summed E-state index contributed by atoms with van der Waals surface area (Å²) in [6.07, 6.45) is 3.60. The summed E-state index contributed by atoms with van der Waals surface area (Å²) in [5.74, 6) is -0.911. The molecule has 3 aromatic rings. The zero-order chi connectivity index (χ0) is 22.0. The van der Waals surface area contributed by atoms with E-state index in [1.807, 2.05) is 36.0 Å². The van der Waals surface area contributed by atoms with Crippen molar-refractivity contribution in [1.82, 2.24) is 19.8 Å². The number of anilines is 1. The van der Waals surface area contributed by atoms with Gasteiger partial charge in [0.1, 0.15) is 12.1 Å². The van der Waals surface area contributed by atoms with Crippen molar-refractivity contribution in [1.29, 1.82) is 0 Å². The van der Waals surface area contributed by atoms with E-state index in [4.69, 9.17) is 0 Å². The molecule has 4 amide bonds. The van der Waals surface area contributed by atoms with Gasteiger partial charge in [0.05, 0.1) is 0 Å². The summed E-state index contributed by atoms with van der Waals surface area (Å²) in [5, 5.41) is 6.29. The highest BCUT2D eigenvalue weighted by molar-refractivity contribution is 7.99. The average Bonchev–Trinajstić information content (AvgIpc) is 3.26. The first-order valence-electron chi connectivity index (χ1n) is 9.61. The molecule has 1 saturated heterocycles. The molecule has 8 nitrogen and oxygen atoms in total. The van der Waals surface area contributed by atoms with Gasteiger partial charge in [-0.2, -0.15) is 0 Å². The third-order valence-corrected chi connectivity index (χ3v) is 6.14. The van der Waals surface area contributed by atoms with Crippen LogP contribution in [0.4, 0.5) is 10.5 Å². The topological polar surface area (TPSA) is 96.3 Å². The van der Waals surface area contributed by atoms with Crippen molar-refractivity contribution >= 4 is 35.3 Å². The summed E-state index contributed by atoms with van der Waals surface area (Å²) >= 11 is 1.51. The lowest BCUT2D eigenvalue weighted by molar-refractivity contribution is -0.133. The molecule has 1 unspecified atom stereocenters. The van der Waals surface area contributed by atoms with Crippen molar-refractivity contribution < 1.29 is 14.4 Å². The van der Waals surface area contributed by atoms with E-state index < -0.39 is 23.4 Å². The van der Waals surface area contributed by atoms with Crippen molar-refractivity contribution in [3.05, 3.63) is 72.6 Å². The maximum absolute atomic E-state index is 12.9. The molecule has 2 aromatic carbocycles. The number of carbonyl (C=O) groups is 3. The fourth-order valence-electron chi connectivity index (χ4n) is 3.31. The zero-order valence-electron chi connectivity index (χ0n) is 17.0. The van der Waals surface area contributed by atoms with Crippen LogP contribution in [0.3, 0.4) is 0 Å². The number of imidazole rings is 1. The lowest BCUT2D eigenvalue weighted by Gasteiger charge is -2.22. The first-order chi connectivity index (χ1) is 14.9. The molecule has 158 valence electrons. The standard InChI is InChI=1S/C22H21N5O3S/c1-22(15-6-4-3-5-7-15)19(29)27(20(30)25-22)14-18(28)24-16-8-10-17(11-9-16)31-21-23-12-13-26(21)2/h3-13H,14H2,1-2H3,(H,24,28)(H,25,30). The number of rotatable bonds is 6. The highest BCUT2D eigenvalue weighted by atomic mass is 32.2. The third-order valence-electron chi connectivity index (χ3n) is 5.05. The van der Waals surface area contributed by atoms with Crippen LogP contribution >= 0.6 is 11.8 Å². The minimum Gasteiger partial charge on any atom is -0.329 e. The Morgan fingerprint density at radius 1 is 1.13 bits per heavy atom. The molecule has 0 saturated carbocycles. The summed E-state index contributed by atoms with van der Waals surface area (Å²) in [5.41, 5.74) is 0.0479. The number of hydrogen-bond acceptors (Lipinski definition) is 5. The second-order valence-corrected chi connectivity index (χ2v) is 8.35. The first-order valence-corrected chi connectivity index (χ1v) is 10.4. The highest BCUT2D eigenvalue weighted by Crippen LogP contribution is 2.29. The van der Waals surface area contributed by atoms with Crippen LogP contribution in [0.5, 0.6) is 0 Å². The van der Waals surface area contributed by atoms with Gasteiger partial charge in [-0.05, 0) is 36.8 Å². The number of urea groups is 1. The Balaban J connectivity index is 1.39. The fourth-order valence-corrected chi connectivity index (χ4v) is 4.12. The lowest BCUT2D eigenvalue weighted by atomic mass is 9.92. The van der Waals surface area contributed by atoms with Crippen LogP contribution in [0.1, 0.15) is 12.5 Å². The van der Waals surface area contributed by atoms with Gasteiger partial charge in [-0.3, -0.25) is 14.5 Å². The number of aromatic nitrogens is 2. The van der Waals surface area contributed by atoms with E-state index >= 15 is 0 Å². The van der Waals surface area contributed by atoms with Crippen molar-refractivity contribution in [2.24, 2.45) is 7.05 Å². The van der Waals surface area contributed by atoms with Gasteiger partial charge in [0, 0.05) is 30.0 Å². The molecule has 1 atom stereocenters. The molecule has 31 heavy (non-hydrogen) atoms. The van der Waals surface area contributed by atoms with Crippen LogP contribution in [-0.2, 0) is 22.2 Å². The maximum atomic E-state index is 12.9. The van der Waals surface area contributed by atoms with Crippen molar-refractivity contribution in [3.63, 3.8) is 0 Å². The molecule has 0 bridgehead atoms. The number of benzene rings is 2. The quantitative estimate of drug-likeness (QED) is 0.581. The molecule has 1 fully saturated rings. The van der Waals surface area contributed by atoms with E-state index in [9.17, 15) is 14.4 Å². The molecular formula is C22H21N5O3S. The van der Waals surface area contributed by atoms with E-state index in [1.165, 1.54) is 11.8 Å². The van der Waals surface area contributed by atoms with E-state index in [0.29, 0.717) is 11.3 Å². The smallest absolute Gasteiger partial charge is 0.325 e. The van der Waals surface area contributed by atoms with Crippen LogP contribution in [0.25, 0.3) is 0 Å². The van der Waals surface area contributed by atoms with Crippen LogP contribution < -0.4 is 10.6 Å². The molecule has 2 heterocycles. The van der Waals surface area contributed by atoms with Gasteiger partial charge in [0.25, 0.3) is 5.91 Å². The van der Waals surface area contributed by atoms with E-state index in [1.54, 1.807) is 49.5 Å². The highest BCUT2D eigenvalue weighted by Gasteiger charge is 2.49. The Morgan fingerprint density at radius 2 is 1.84 bits per heavy atom. The van der Waals surface area contributed by atoms with E-state index in [-0.39, 0.29) is 6.54 Å². The predicted octanol–water partition coefficient (Wildman–Crippen LogP) is 2.98. The largest absolute Gasteiger partial charge is 0.329 e. The number of imide groups is 1. The SMILES string of the molecule is Cn1ccnc1Sc1ccc(NC(=O)CN2C(=O)NC(C)(c3ccccc3)C2=O)cc1. The molecule has 4 rings (SSSR count). The maximum Gasteiger partial charge on any atom is 0.325 e. The third kappa shape index (κ3) is 4.17. The van der Waals surface area contributed by atoms with Gasteiger partial charge < -0.3 is 15.2 Å².